The molecule has 0 aromatic heterocycles. The highest BCUT2D eigenvalue weighted by Crippen LogP contribution is 1.87. The monoisotopic (exact) mass is 142 g/mol. The highest BCUT2D eigenvalue weighted by Gasteiger charge is 1.94. The fourth-order valence-corrected chi connectivity index (χ4v) is 0.442. The zero-order valence-electron chi connectivity index (χ0n) is 6.79. The van der Waals surface area contributed by atoms with Crippen molar-refractivity contribution in [3.63, 3.8) is 0 Å². The summed E-state index contributed by atoms with van der Waals surface area (Å²) in [5, 5.41) is 1.70. The number of hydroxylamine groups is 2. The highest BCUT2D eigenvalue weighted by molar-refractivity contribution is 5.73. The van der Waals surface area contributed by atoms with Crippen LogP contribution in [0.1, 0.15) is 13.8 Å². The SMILES string of the molecule is C=C/N=C(/C)ON(C)CC. The molecular weight excluding hydrogens is 128 g/mol. The second kappa shape index (κ2) is 4.99. The molecular formula is C7H14N2O. The lowest BCUT2D eigenvalue weighted by Crippen LogP contribution is -2.20. The Labute approximate surface area is 62.0 Å². The number of rotatable bonds is 3. The van der Waals surface area contributed by atoms with Crippen molar-refractivity contribution in [1.29, 1.82) is 0 Å². The lowest BCUT2D eigenvalue weighted by Gasteiger charge is -2.13. The molecule has 0 fully saturated rings. The van der Waals surface area contributed by atoms with Gasteiger partial charge in [-0.15, -0.1) is 5.06 Å². The van der Waals surface area contributed by atoms with Gasteiger partial charge in [0.25, 0.3) is 0 Å². The van der Waals surface area contributed by atoms with E-state index < -0.39 is 0 Å². The Morgan fingerprint density at radius 2 is 2.40 bits per heavy atom. The van der Waals surface area contributed by atoms with Gasteiger partial charge in [0.05, 0.1) is 0 Å². The Morgan fingerprint density at radius 1 is 1.80 bits per heavy atom. The standard InChI is InChI=1S/C7H14N2O/c1-5-8-7(3)10-9(4)6-2/h5H,1,6H2,2-4H3/b8-7-. The third-order valence-corrected chi connectivity index (χ3v) is 1.01. The van der Waals surface area contributed by atoms with Gasteiger partial charge in [0.15, 0.2) is 0 Å². The summed E-state index contributed by atoms with van der Waals surface area (Å²) in [6, 6.07) is 0. The first kappa shape index (κ1) is 9.17. The van der Waals surface area contributed by atoms with Crippen LogP contribution in [0, 0.1) is 0 Å². The summed E-state index contributed by atoms with van der Waals surface area (Å²) in [6.07, 6.45) is 1.46. The summed E-state index contributed by atoms with van der Waals surface area (Å²) < 4.78 is 0. The molecule has 0 spiro atoms. The number of hydrogen-bond donors (Lipinski definition) is 0. The third-order valence-electron chi connectivity index (χ3n) is 1.01. The van der Waals surface area contributed by atoms with Crippen LogP contribution in [0.3, 0.4) is 0 Å². The van der Waals surface area contributed by atoms with Gasteiger partial charge in [-0.05, 0) is 6.92 Å². The molecule has 0 aliphatic rings. The van der Waals surface area contributed by atoms with E-state index >= 15 is 0 Å². The number of hydrogen-bond acceptors (Lipinski definition) is 3. The Bertz CT molecular complexity index is 132. The maximum atomic E-state index is 5.15. The van der Waals surface area contributed by atoms with E-state index in [0.29, 0.717) is 5.90 Å². The molecule has 0 rings (SSSR count). The molecule has 0 unspecified atom stereocenters. The van der Waals surface area contributed by atoms with Crippen LogP contribution < -0.4 is 0 Å². The third kappa shape index (κ3) is 4.09. The minimum absolute atomic E-state index is 0.611. The van der Waals surface area contributed by atoms with Crippen LogP contribution in [0.4, 0.5) is 0 Å². The lowest BCUT2D eigenvalue weighted by atomic mass is 10.7. The van der Waals surface area contributed by atoms with Gasteiger partial charge in [-0.3, -0.25) is 0 Å². The summed E-state index contributed by atoms with van der Waals surface area (Å²) in [5.74, 6) is 0.611. The van der Waals surface area contributed by atoms with Crippen LogP contribution in [0.2, 0.25) is 0 Å². The molecule has 0 radical (unpaired) electrons. The van der Waals surface area contributed by atoms with Crippen LogP contribution in [0.25, 0.3) is 0 Å². The second-order valence-electron chi connectivity index (χ2n) is 1.87. The second-order valence-corrected chi connectivity index (χ2v) is 1.87. The van der Waals surface area contributed by atoms with Gasteiger partial charge in [0, 0.05) is 26.7 Å². The molecule has 3 nitrogen and oxygen atoms in total. The molecule has 0 saturated heterocycles. The molecule has 0 bridgehead atoms. The molecule has 0 aliphatic heterocycles. The predicted octanol–water partition coefficient (Wildman–Crippen LogP) is 1.43. The topological polar surface area (TPSA) is 24.8 Å². The van der Waals surface area contributed by atoms with Crippen molar-refractivity contribution < 1.29 is 4.84 Å². The van der Waals surface area contributed by atoms with E-state index in [1.54, 1.807) is 12.0 Å². The van der Waals surface area contributed by atoms with Gasteiger partial charge in [-0.2, -0.15) is 0 Å². The highest BCUT2D eigenvalue weighted by atomic mass is 16.7. The van der Waals surface area contributed by atoms with Crippen LogP contribution in [-0.2, 0) is 4.84 Å². The van der Waals surface area contributed by atoms with Crippen LogP contribution >= 0.6 is 0 Å². The van der Waals surface area contributed by atoms with Crippen molar-refractivity contribution in [3.8, 4) is 0 Å². The molecule has 0 aromatic rings. The maximum Gasteiger partial charge on any atom is 0.210 e. The van der Waals surface area contributed by atoms with E-state index in [2.05, 4.69) is 11.6 Å². The summed E-state index contributed by atoms with van der Waals surface area (Å²) in [4.78, 5) is 8.98. The number of aliphatic imine (C=N–C) groups is 1. The van der Waals surface area contributed by atoms with Crippen molar-refractivity contribution in [2.24, 2.45) is 4.99 Å². The molecule has 0 saturated carbocycles. The molecule has 0 aromatic carbocycles. The van der Waals surface area contributed by atoms with E-state index in [0.717, 1.165) is 6.54 Å². The molecule has 58 valence electrons. The van der Waals surface area contributed by atoms with Crippen LogP contribution in [0.15, 0.2) is 17.8 Å². The normalized spacial score (nSPS) is 11.8. The number of nitrogens with zero attached hydrogens (tertiary/aromatic N) is 2. The van der Waals surface area contributed by atoms with E-state index in [1.165, 1.54) is 6.20 Å². The van der Waals surface area contributed by atoms with Crippen LogP contribution in [0.5, 0.6) is 0 Å². The molecule has 10 heavy (non-hydrogen) atoms. The minimum atomic E-state index is 0.611. The zero-order chi connectivity index (χ0) is 7.98. The van der Waals surface area contributed by atoms with Gasteiger partial charge < -0.3 is 4.84 Å². The first-order valence-corrected chi connectivity index (χ1v) is 3.25. The van der Waals surface area contributed by atoms with Gasteiger partial charge >= 0.3 is 0 Å². The first-order valence-electron chi connectivity index (χ1n) is 3.25. The average Bonchev–Trinajstić information content (AvgIpc) is 1.88. The fraction of sp³-hybridized carbons (Fsp3) is 0.571. The largest absolute Gasteiger partial charge is 0.391 e. The quantitative estimate of drug-likeness (QED) is 0.338. The summed E-state index contributed by atoms with van der Waals surface area (Å²) in [7, 11) is 1.85. The van der Waals surface area contributed by atoms with Gasteiger partial charge in [0.1, 0.15) is 0 Å². The minimum Gasteiger partial charge on any atom is -0.391 e. The summed E-state index contributed by atoms with van der Waals surface area (Å²) in [6.45, 7) is 8.07. The fourth-order valence-electron chi connectivity index (χ4n) is 0.442. The Morgan fingerprint density at radius 3 is 2.80 bits per heavy atom. The maximum absolute atomic E-state index is 5.15. The van der Waals surface area contributed by atoms with Gasteiger partial charge in [0.2, 0.25) is 5.90 Å². The molecule has 3 heteroatoms. The average molecular weight is 142 g/mol. The van der Waals surface area contributed by atoms with E-state index in [-0.39, 0.29) is 0 Å². The molecule has 0 amide bonds. The molecule has 0 atom stereocenters. The van der Waals surface area contributed by atoms with E-state index in [9.17, 15) is 0 Å². The predicted molar refractivity (Wildman–Crippen MR) is 42.7 cm³/mol. The van der Waals surface area contributed by atoms with Crippen LogP contribution in [-0.4, -0.2) is 24.6 Å². The van der Waals surface area contributed by atoms with Crippen molar-refractivity contribution in [1.82, 2.24) is 5.06 Å². The van der Waals surface area contributed by atoms with Crippen molar-refractivity contribution in [2.45, 2.75) is 13.8 Å². The van der Waals surface area contributed by atoms with Gasteiger partial charge in [-0.1, -0.05) is 6.58 Å². The van der Waals surface area contributed by atoms with Crippen molar-refractivity contribution in [2.75, 3.05) is 13.6 Å². The summed E-state index contributed by atoms with van der Waals surface area (Å²) in [5.41, 5.74) is 0. The van der Waals surface area contributed by atoms with Crippen molar-refractivity contribution in [3.05, 3.63) is 12.8 Å². The van der Waals surface area contributed by atoms with Gasteiger partial charge in [-0.25, -0.2) is 4.99 Å². The zero-order valence-corrected chi connectivity index (χ0v) is 6.79. The van der Waals surface area contributed by atoms with E-state index in [4.69, 9.17) is 4.84 Å². The molecule has 0 N–H and O–H groups in total. The Balaban J connectivity index is 3.66. The summed E-state index contributed by atoms with van der Waals surface area (Å²) >= 11 is 0. The Hall–Kier alpha value is -0.830. The Kier molecular flexibility index (Phi) is 4.58. The van der Waals surface area contributed by atoms with E-state index in [1.807, 2.05) is 14.0 Å². The smallest absolute Gasteiger partial charge is 0.210 e. The molecule has 0 aliphatic carbocycles. The van der Waals surface area contributed by atoms with Crippen molar-refractivity contribution >= 4 is 5.90 Å². The lowest BCUT2D eigenvalue weighted by molar-refractivity contribution is -0.0422. The first-order chi connectivity index (χ1) is 4.70. The molecule has 0 heterocycles.